The molecule has 0 saturated heterocycles. The van der Waals surface area contributed by atoms with Crippen molar-refractivity contribution in [1.82, 2.24) is 0 Å². The third kappa shape index (κ3) is 2.86. The Morgan fingerprint density at radius 1 is 1.12 bits per heavy atom. The van der Waals surface area contributed by atoms with Gasteiger partial charge in [0.2, 0.25) is 5.78 Å². The largest absolute Gasteiger partial charge is 0.347 e. The van der Waals surface area contributed by atoms with Gasteiger partial charge < -0.3 is 9.80 Å². The summed E-state index contributed by atoms with van der Waals surface area (Å²) < 4.78 is 0. The van der Waals surface area contributed by atoms with E-state index in [4.69, 9.17) is 0 Å². The van der Waals surface area contributed by atoms with E-state index in [9.17, 15) is 4.79 Å². The van der Waals surface area contributed by atoms with E-state index in [2.05, 4.69) is 74.3 Å². The van der Waals surface area contributed by atoms with Crippen molar-refractivity contribution in [2.24, 2.45) is 0 Å². The molecule has 1 N–H and O–H groups in total. The predicted molar refractivity (Wildman–Crippen MR) is 106 cm³/mol. The number of rotatable bonds is 3. The van der Waals surface area contributed by atoms with Crippen molar-refractivity contribution in [3.8, 4) is 0 Å². The number of benzene rings is 2. The molecule has 1 unspecified atom stereocenters. The molecule has 0 radical (unpaired) electrons. The van der Waals surface area contributed by atoms with Crippen molar-refractivity contribution < 1.29 is 9.69 Å². The lowest BCUT2D eigenvalue weighted by molar-refractivity contribution is -0.907. The first-order valence-corrected chi connectivity index (χ1v) is 9.45. The van der Waals surface area contributed by atoms with E-state index in [-0.39, 0.29) is 11.2 Å². The Kier molecular flexibility index (Phi) is 4.20. The summed E-state index contributed by atoms with van der Waals surface area (Å²) in [5.41, 5.74) is 6.29. The van der Waals surface area contributed by atoms with Crippen molar-refractivity contribution in [3.05, 3.63) is 77.0 Å². The summed E-state index contributed by atoms with van der Waals surface area (Å²) in [6, 6.07) is 17.1. The van der Waals surface area contributed by atoms with Gasteiger partial charge in [-0.25, -0.2) is 0 Å². The van der Waals surface area contributed by atoms with E-state index in [0.717, 1.165) is 25.2 Å². The van der Waals surface area contributed by atoms with Crippen LogP contribution in [-0.4, -0.2) is 25.9 Å². The highest BCUT2D eigenvalue weighted by molar-refractivity contribution is 5.93. The van der Waals surface area contributed by atoms with Gasteiger partial charge >= 0.3 is 0 Å². The normalized spacial score (nSPS) is 22.2. The van der Waals surface area contributed by atoms with Gasteiger partial charge in [0, 0.05) is 41.9 Å². The van der Waals surface area contributed by atoms with Crippen LogP contribution >= 0.6 is 0 Å². The number of quaternary nitrogens is 1. The molecular formula is C23H27N2O+. The molecule has 2 aromatic rings. The van der Waals surface area contributed by atoms with Crippen LogP contribution in [-0.2, 0) is 23.2 Å². The van der Waals surface area contributed by atoms with Crippen LogP contribution in [0, 0.1) is 0 Å². The maximum absolute atomic E-state index is 12.8. The van der Waals surface area contributed by atoms with E-state index in [1.165, 1.54) is 27.3 Å². The molecule has 0 fully saturated rings. The van der Waals surface area contributed by atoms with E-state index in [1.54, 1.807) is 0 Å². The Morgan fingerprint density at radius 2 is 1.81 bits per heavy atom. The first-order chi connectivity index (χ1) is 12.5. The lowest BCUT2D eigenvalue weighted by Crippen LogP contribution is -3.12. The van der Waals surface area contributed by atoms with Gasteiger partial charge in [-0.15, -0.1) is 0 Å². The van der Waals surface area contributed by atoms with E-state index in [0.29, 0.717) is 6.54 Å². The van der Waals surface area contributed by atoms with Crippen LogP contribution in [0.2, 0.25) is 0 Å². The number of para-hydroxylation sites is 1. The van der Waals surface area contributed by atoms with Gasteiger partial charge in [0.05, 0.1) is 6.54 Å². The quantitative estimate of drug-likeness (QED) is 0.863. The highest BCUT2D eigenvalue weighted by Crippen LogP contribution is 2.46. The summed E-state index contributed by atoms with van der Waals surface area (Å²) in [5.74, 6) is 0.224. The van der Waals surface area contributed by atoms with Crippen LogP contribution < -0.4 is 9.80 Å². The Hall–Kier alpha value is -2.39. The van der Waals surface area contributed by atoms with E-state index < -0.39 is 0 Å². The Balaban J connectivity index is 1.52. The minimum Gasteiger partial charge on any atom is -0.347 e. The first-order valence-electron chi connectivity index (χ1n) is 9.45. The molecule has 0 aromatic heterocycles. The van der Waals surface area contributed by atoms with Gasteiger partial charge in [-0.05, 0) is 17.2 Å². The molecular weight excluding hydrogens is 320 g/mol. The highest BCUT2D eigenvalue weighted by Gasteiger charge is 2.38. The zero-order chi connectivity index (χ0) is 18.3. The molecule has 4 rings (SSSR count). The molecule has 2 heterocycles. The minimum absolute atomic E-state index is 0.134. The predicted octanol–water partition coefficient (Wildman–Crippen LogP) is 2.51. The number of likely N-dealkylation sites (N-methyl/N-ethyl adjacent to an activating group) is 1. The van der Waals surface area contributed by atoms with Gasteiger partial charge in [-0.1, -0.05) is 56.3 Å². The lowest BCUT2D eigenvalue weighted by Gasteiger charge is -2.26. The van der Waals surface area contributed by atoms with Gasteiger partial charge in [-0.2, -0.15) is 0 Å². The molecule has 26 heavy (non-hydrogen) atoms. The lowest BCUT2D eigenvalue weighted by atomic mass is 9.83. The molecule has 0 amide bonds. The van der Waals surface area contributed by atoms with Gasteiger partial charge in [0.15, 0.2) is 0 Å². The third-order valence-electron chi connectivity index (χ3n) is 5.97. The zero-order valence-corrected chi connectivity index (χ0v) is 15.9. The highest BCUT2D eigenvalue weighted by atomic mass is 16.1. The number of carbonyl (C=O) groups is 1. The van der Waals surface area contributed by atoms with E-state index in [1.807, 2.05) is 6.08 Å². The van der Waals surface area contributed by atoms with Crippen molar-refractivity contribution >= 4 is 11.5 Å². The number of ketones is 1. The Labute approximate surface area is 155 Å². The minimum atomic E-state index is -0.134. The van der Waals surface area contributed by atoms with Gasteiger partial charge in [0.1, 0.15) is 13.1 Å². The molecule has 0 saturated carbocycles. The third-order valence-corrected chi connectivity index (χ3v) is 5.97. The molecule has 0 aliphatic carbocycles. The molecule has 2 aliphatic heterocycles. The maximum atomic E-state index is 12.8. The molecule has 2 aliphatic rings. The van der Waals surface area contributed by atoms with Crippen molar-refractivity contribution in [2.75, 3.05) is 25.0 Å². The summed E-state index contributed by atoms with van der Waals surface area (Å²) in [5, 5.41) is 0. The van der Waals surface area contributed by atoms with Crippen molar-refractivity contribution in [3.63, 3.8) is 0 Å². The standard InChI is InChI=1S/C23H26N2O/c1-23(2)20-10-6-7-11-21(20)24(3)22(23)14-19(26)16-25-13-12-17-8-4-5-9-18(17)15-25/h4-11,14H,12-13,15-16H2,1-3H3/p+1/b22-14+. The number of nitrogens with one attached hydrogen (secondary N) is 1. The Morgan fingerprint density at radius 3 is 2.58 bits per heavy atom. The number of carbonyl (C=O) groups excluding carboxylic acids is 1. The number of anilines is 1. The van der Waals surface area contributed by atoms with Crippen molar-refractivity contribution in [1.29, 1.82) is 0 Å². The summed E-state index contributed by atoms with van der Waals surface area (Å²) in [6.07, 6.45) is 2.94. The number of hydrogen-bond donors (Lipinski definition) is 1. The smallest absolute Gasteiger partial charge is 0.211 e. The topological polar surface area (TPSA) is 24.8 Å². The van der Waals surface area contributed by atoms with Gasteiger partial charge in [-0.3, -0.25) is 4.79 Å². The second-order valence-corrected chi connectivity index (χ2v) is 8.07. The number of nitrogens with zero attached hydrogens (tertiary/aromatic N) is 1. The summed E-state index contributed by atoms with van der Waals surface area (Å²) in [7, 11) is 2.07. The van der Waals surface area contributed by atoms with Crippen LogP contribution in [0.25, 0.3) is 0 Å². The number of fused-ring (bicyclic) bond motifs is 2. The molecule has 3 nitrogen and oxygen atoms in total. The molecule has 0 spiro atoms. The van der Waals surface area contributed by atoms with Crippen LogP contribution in [0.3, 0.4) is 0 Å². The van der Waals surface area contributed by atoms with Crippen molar-refractivity contribution in [2.45, 2.75) is 32.2 Å². The van der Waals surface area contributed by atoms with E-state index >= 15 is 0 Å². The van der Waals surface area contributed by atoms with Crippen LogP contribution in [0.5, 0.6) is 0 Å². The second kappa shape index (κ2) is 6.40. The summed E-state index contributed by atoms with van der Waals surface area (Å²) >= 11 is 0. The van der Waals surface area contributed by atoms with Crippen LogP contribution in [0.15, 0.2) is 60.3 Å². The molecule has 1 atom stereocenters. The fraction of sp³-hybridized carbons (Fsp3) is 0.348. The van der Waals surface area contributed by atoms with Crippen LogP contribution in [0.1, 0.15) is 30.5 Å². The molecule has 0 bridgehead atoms. The maximum Gasteiger partial charge on any atom is 0.211 e. The average Bonchev–Trinajstić information content (AvgIpc) is 2.83. The number of hydrogen-bond acceptors (Lipinski definition) is 2. The Bertz CT molecular complexity index is 881. The molecule has 2 aromatic carbocycles. The zero-order valence-electron chi connectivity index (χ0n) is 15.9. The molecule has 134 valence electrons. The monoisotopic (exact) mass is 347 g/mol. The SMILES string of the molecule is CN1/C(=C/C(=O)C[NH+]2CCc3ccccc3C2)C(C)(C)c2ccccc21. The second-order valence-electron chi connectivity index (χ2n) is 8.07. The summed E-state index contributed by atoms with van der Waals surface area (Å²) in [4.78, 5) is 16.4. The van der Waals surface area contributed by atoms with Crippen LogP contribution in [0.4, 0.5) is 5.69 Å². The van der Waals surface area contributed by atoms with Gasteiger partial charge in [0.25, 0.3) is 0 Å². The number of allylic oxidation sites excluding steroid dienone is 1. The summed E-state index contributed by atoms with van der Waals surface area (Å²) in [6.45, 7) is 6.96. The first kappa shape index (κ1) is 17.0. The molecule has 3 heteroatoms. The average molecular weight is 347 g/mol. The fourth-order valence-corrected chi connectivity index (χ4v) is 4.50. The fourth-order valence-electron chi connectivity index (χ4n) is 4.50.